The standard InChI is InChI=1S/C35H42ClN3O5/c1-5-19-37(26-13-9-7-10-14-26)31(41)28-29-32(42)39(21-11-8-12-22-40)30(35(29)23-24(3)34(28,4)44-35)33(43)38(20-6-2)27-17-15-25(36)16-18-27/h5-7,9-10,13-18,24,28-30,40H,1-2,8,11-12,19-23H2,3-4H3/t24?,28-,29-,30?,34+,35?/m0/s1. The second-order valence-corrected chi connectivity index (χ2v) is 12.7. The molecule has 3 fully saturated rings. The molecular weight excluding hydrogens is 578 g/mol. The van der Waals surface area contributed by atoms with E-state index >= 15 is 0 Å². The third-order valence-electron chi connectivity index (χ3n) is 9.73. The number of hydrogen-bond acceptors (Lipinski definition) is 5. The normalized spacial score (nSPS) is 28.5. The van der Waals surface area contributed by atoms with Gasteiger partial charge >= 0.3 is 0 Å². The van der Waals surface area contributed by atoms with Crippen LogP contribution >= 0.6 is 11.6 Å². The van der Waals surface area contributed by atoms with Crippen molar-refractivity contribution >= 4 is 40.7 Å². The van der Waals surface area contributed by atoms with E-state index in [0.29, 0.717) is 48.6 Å². The highest BCUT2D eigenvalue weighted by Crippen LogP contribution is 2.65. The number of rotatable bonds is 13. The van der Waals surface area contributed by atoms with Crippen LogP contribution < -0.4 is 9.80 Å². The molecule has 3 aliphatic heterocycles. The fraction of sp³-hybridized carbons (Fsp3) is 0.457. The van der Waals surface area contributed by atoms with Crippen molar-refractivity contribution in [3.63, 3.8) is 0 Å². The molecule has 3 aliphatic rings. The Morgan fingerprint density at radius 3 is 2.23 bits per heavy atom. The van der Waals surface area contributed by atoms with Crippen LogP contribution in [0.4, 0.5) is 11.4 Å². The first-order chi connectivity index (χ1) is 21.1. The lowest BCUT2D eigenvalue weighted by Gasteiger charge is -2.39. The number of ether oxygens (including phenoxy) is 1. The molecule has 3 heterocycles. The number of para-hydroxylation sites is 1. The summed E-state index contributed by atoms with van der Waals surface area (Å²) in [5.41, 5.74) is -0.782. The maximum absolute atomic E-state index is 14.8. The topological polar surface area (TPSA) is 90.4 Å². The maximum Gasteiger partial charge on any atom is 0.253 e. The van der Waals surface area contributed by atoms with E-state index in [9.17, 15) is 19.5 Å². The largest absolute Gasteiger partial charge is 0.396 e. The third-order valence-corrected chi connectivity index (χ3v) is 9.99. The van der Waals surface area contributed by atoms with Gasteiger partial charge in [0.1, 0.15) is 11.6 Å². The van der Waals surface area contributed by atoms with Crippen molar-refractivity contribution in [2.24, 2.45) is 17.8 Å². The Morgan fingerprint density at radius 1 is 1.00 bits per heavy atom. The fourth-order valence-corrected chi connectivity index (χ4v) is 7.78. The van der Waals surface area contributed by atoms with Gasteiger partial charge in [-0.25, -0.2) is 0 Å². The Labute approximate surface area is 264 Å². The zero-order valence-electron chi connectivity index (χ0n) is 25.5. The average Bonchev–Trinajstić information content (AvgIpc) is 3.53. The molecule has 2 aromatic rings. The number of hydrogen-bond donors (Lipinski definition) is 1. The van der Waals surface area contributed by atoms with Gasteiger partial charge in [-0.3, -0.25) is 14.4 Å². The highest BCUT2D eigenvalue weighted by molar-refractivity contribution is 6.30. The first-order valence-electron chi connectivity index (χ1n) is 15.4. The van der Waals surface area contributed by atoms with Gasteiger partial charge in [-0.05, 0) is 74.9 Å². The van der Waals surface area contributed by atoms with Gasteiger partial charge in [0.15, 0.2) is 0 Å². The van der Waals surface area contributed by atoms with E-state index in [0.717, 1.165) is 0 Å². The number of likely N-dealkylation sites (tertiary alicyclic amines) is 1. The van der Waals surface area contributed by atoms with Crippen LogP contribution in [0.3, 0.4) is 0 Å². The molecule has 0 radical (unpaired) electrons. The molecule has 8 nitrogen and oxygen atoms in total. The van der Waals surface area contributed by atoms with Gasteiger partial charge in [0, 0.05) is 42.6 Å². The van der Waals surface area contributed by atoms with E-state index in [1.165, 1.54) is 0 Å². The van der Waals surface area contributed by atoms with Crippen molar-refractivity contribution in [2.45, 2.75) is 56.8 Å². The number of benzene rings is 2. The van der Waals surface area contributed by atoms with Crippen molar-refractivity contribution in [3.8, 4) is 0 Å². The summed E-state index contributed by atoms with van der Waals surface area (Å²) in [6.45, 7) is 12.6. The second kappa shape index (κ2) is 12.9. The molecule has 0 saturated carbocycles. The molecule has 0 aliphatic carbocycles. The third kappa shape index (κ3) is 5.27. The number of carbonyl (C=O) groups excluding carboxylic acids is 3. The Bertz CT molecular complexity index is 1400. The van der Waals surface area contributed by atoms with E-state index < -0.39 is 29.1 Å². The molecular formula is C35H42ClN3O5. The van der Waals surface area contributed by atoms with Crippen LogP contribution in [0.5, 0.6) is 0 Å². The SMILES string of the molecule is C=CCN(C(=O)C1N(CCCCCO)C(=O)[C@@H]2[C@@H](C(=O)N(CC=C)c3ccccc3)[C@]3(C)OC12CC3C)c1ccc(Cl)cc1. The summed E-state index contributed by atoms with van der Waals surface area (Å²) >= 11 is 6.16. The smallest absolute Gasteiger partial charge is 0.253 e. The maximum atomic E-state index is 14.8. The number of unbranched alkanes of at least 4 members (excludes halogenated alkanes) is 2. The van der Waals surface area contributed by atoms with E-state index in [4.69, 9.17) is 16.3 Å². The summed E-state index contributed by atoms with van der Waals surface area (Å²) in [6.07, 6.45) is 5.71. The number of halogens is 1. The summed E-state index contributed by atoms with van der Waals surface area (Å²) < 4.78 is 6.96. The molecule has 1 N–H and O–H groups in total. The average molecular weight is 620 g/mol. The van der Waals surface area contributed by atoms with E-state index in [2.05, 4.69) is 13.2 Å². The molecule has 6 atom stereocenters. The minimum absolute atomic E-state index is 0.0563. The van der Waals surface area contributed by atoms with Crippen LogP contribution in [0.15, 0.2) is 79.9 Å². The monoisotopic (exact) mass is 619 g/mol. The Morgan fingerprint density at radius 2 is 1.61 bits per heavy atom. The molecule has 0 aromatic heterocycles. The number of anilines is 2. The van der Waals surface area contributed by atoms with Gasteiger partial charge in [-0.15, -0.1) is 13.2 Å². The van der Waals surface area contributed by atoms with E-state index in [-0.39, 0.29) is 43.3 Å². The predicted octanol–water partition coefficient (Wildman–Crippen LogP) is 5.25. The second-order valence-electron chi connectivity index (χ2n) is 12.3. The van der Waals surface area contributed by atoms with Crippen LogP contribution in [0, 0.1) is 17.8 Å². The quantitative estimate of drug-likeness (QED) is 0.244. The van der Waals surface area contributed by atoms with E-state index in [1.807, 2.05) is 44.2 Å². The molecule has 2 aromatic carbocycles. The summed E-state index contributed by atoms with van der Waals surface area (Å²) in [5.74, 6) is -2.42. The first kappa shape index (κ1) is 31.9. The molecule has 234 valence electrons. The lowest BCUT2D eigenvalue weighted by atomic mass is 9.62. The Balaban J connectivity index is 1.60. The highest BCUT2D eigenvalue weighted by atomic mass is 35.5. The molecule has 1 spiro atoms. The molecule has 5 rings (SSSR count). The Hall–Kier alpha value is -3.46. The zero-order valence-corrected chi connectivity index (χ0v) is 26.3. The van der Waals surface area contributed by atoms with Crippen molar-refractivity contribution in [1.29, 1.82) is 0 Å². The minimum atomic E-state index is -1.18. The number of carbonyl (C=O) groups is 3. The summed E-state index contributed by atoms with van der Waals surface area (Å²) in [6, 6.07) is 15.4. The molecule has 3 amide bonds. The van der Waals surface area contributed by atoms with Crippen molar-refractivity contribution in [3.05, 3.63) is 84.9 Å². The highest BCUT2D eigenvalue weighted by Gasteiger charge is 2.80. The summed E-state index contributed by atoms with van der Waals surface area (Å²) in [4.78, 5) is 48.9. The van der Waals surface area contributed by atoms with Crippen molar-refractivity contribution in [1.82, 2.24) is 4.90 Å². The molecule has 2 bridgehead atoms. The van der Waals surface area contributed by atoms with Crippen molar-refractivity contribution < 1.29 is 24.2 Å². The van der Waals surface area contributed by atoms with Gasteiger partial charge in [-0.2, -0.15) is 0 Å². The molecule has 44 heavy (non-hydrogen) atoms. The first-order valence-corrected chi connectivity index (χ1v) is 15.8. The predicted molar refractivity (Wildman–Crippen MR) is 172 cm³/mol. The minimum Gasteiger partial charge on any atom is -0.396 e. The lowest BCUT2D eigenvalue weighted by molar-refractivity contribution is -0.145. The van der Waals surface area contributed by atoms with Crippen LogP contribution in [0.25, 0.3) is 0 Å². The number of fused-ring (bicyclic) bond motifs is 1. The van der Waals surface area contributed by atoms with Gasteiger partial charge in [0.05, 0.1) is 17.4 Å². The van der Waals surface area contributed by atoms with Gasteiger partial charge in [-0.1, -0.05) is 48.9 Å². The lowest BCUT2D eigenvalue weighted by Crippen LogP contribution is -2.57. The number of nitrogens with zero attached hydrogens (tertiary/aromatic N) is 3. The van der Waals surface area contributed by atoms with Crippen molar-refractivity contribution in [2.75, 3.05) is 36.0 Å². The zero-order chi connectivity index (χ0) is 31.6. The van der Waals surface area contributed by atoms with Gasteiger partial charge in [0.25, 0.3) is 5.91 Å². The van der Waals surface area contributed by atoms with Crippen LogP contribution in [-0.2, 0) is 19.1 Å². The number of amides is 3. The Kier molecular flexibility index (Phi) is 9.35. The fourth-order valence-electron chi connectivity index (χ4n) is 7.65. The number of aliphatic hydroxyl groups is 1. The van der Waals surface area contributed by atoms with Gasteiger partial charge < -0.3 is 24.5 Å². The van der Waals surface area contributed by atoms with Gasteiger partial charge in [0.2, 0.25) is 11.8 Å². The van der Waals surface area contributed by atoms with Crippen LogP contribution in [0.1, 0.15) is 39.5 Å². The molecule has 9 heteroatoms. The van der Waals surface area contributed by atoms with E-state index in [1.54, 1.807) is 51.1 Å². The van der Waals surface area contributed by atoms with Crippen LogP contribution in [0.2, 0.25) is 5.02 Å². The van der Waals surface area contributed by atoms with Crippen LogP contribution in [-0.4, -0.2) is 71.2 Å². The number of aliphatic hydroxyl groups excluding tert-OH is 1. The molecule has 3 unspecified atom stereocenters. The summed E-state index contributed by atoms with van der Waals surface area (Å²) in [5, 5.41) is 9.90. The molecule has 3 saturated heterocycles. The summed E-state index contributed by atoms with van der Waals surface area (Å²) in [7, 11) is 0.